The van der Waals surface area contributed by atoms with E-state index in [2.05, 4.69) is 33.1 Å². The average Bonchev–Trinajstić information content (AvgIpc) is 3.20. The van der Waals surface area contributed by atoms with Crippen molar-refractivity contribution in [1.82, 2.24) is 15.6 Å². The fourth-order valence-corrected chi connectivity index (χ4v) is 4.31. The zero-order valence-corrected chi connectivity index (χ0v) is 15.8. The maximum Gasteiger partial charge on any atom is 0.191 e. The third-order valence-corrected chi connectivity index (χ3v) is 6.03. The number of rotatable bonds is 5. The second-order valence-electron chi connectivity index (χ2n) is 6.26. The molecule has 2 atom stereocenters. The van der Waals surface area contributed by atoms with Crippen LogP contribution < -0.4 is 10.6 Å². The number of hydrogen-bond acceptors (Lipinski definition) is 2. The molecule has 1 aliphatic rings. The number of aromatic nitrogens is 1. The Balaban J connectivity index is 1.52. The van der Waals surface area contributed by atoms with Gasteiger partial charge in [-0.15, -0.1) is 0 Å². The molecule has 0 bridgehead atoms. The number of nitrogens with zero attached hydrogens (tertiary/aromatic N) is 1. The SMILES string of the molecule is CN=C(NCCc1c[nH]c2ccc(Cl)cc12)NC1CCC(SC)C1. The van der Waals surface area contributed by atoms with Crippen LogP contribution in [0, 0.1) is 0 Å². The van der Waals surface area contributed by atoms with Gasteiger partial charge in [-0.05, 0) is 55.7 Å². The van der Waals surface area contributed by atoms with Crippen LogP contribution in [-0.4, -0.2) is 42.1 Å². The number of guanidine groups is 1. The van der Waals surface area contributed by atoms with E-state index in [4.69, 9.17) is 11.6 Å². The molecule has 1 aromatic carbocycles. The van der Waals surface area contributed by atoms with Crippen LogP contribution in [0.2, 0.25) is 5.02 Å². The molecule has 3 N–H and O–H groups in total. The minimum Gasteiger partial charge on any atom is -0.361 e. The summed E-state index contributed by atoms with van der Waals surface area (Å²) in [5, 5.41) is 9.75. The summed E-state index contributed by atoms with van der Waals surface area (Å²) in [6.45, 7) is 0.845. The van der Waals surface area contributed by atoms with Crippen molar-refractivity contribution in [3.05, 3.63) is 35.0 Å². The first kappa shape index (κ1) is 17.5. The number of fused-ring (bicyclic) bond motifs is 1. The van der Waals surface area contributed by atoms with Gasteiger partial charge in [-0.3, -0.25) is 4.99 Å². The van der Waals surface area contributed by atoms with E-state index in [1.54, 1.807) is 0 Å². The molecule has 130 valence electrons. The van der Waals surface area contributed by atoms with E-state index in [1.807, 2.05) is 37.0 Å². The molecule has 3 rings (SSSR count). The van der Waals surface area contributed by atoms with Crippen LogP contribution >= 0.6 is 23.4 Å². The van der Waals surface area contributed by atoms with E-state index in [0.717, 1.165) is 34.7 Å². The van der Waals surface area contributed by atoms with E-state index >= 15 is 0 Å². The number of H-pyrrole nitrogens is 1. The van der Waals surface area contributed by atoms with Crippen LogP contribution in [0.5, 0.6) is 0 Å². The summed E-state index contributed by atoms with van der Waals surface area (Å²) in [6, 6.07) is 6.51. The van der Waals surface area contributed by atoms with E-state index in [-0.39, 0.29) is 0 Å². The lowest BCUT2D eigenvalue weighted by Crippen LogP contribution is -2.43. The summed E-state index contributed by atoms with van der Waals surface area (Å²) in [7, 11) is 1.84. The maximum absolute atomic E-state index is 6.11. The average molecular weight is 365 g/mol. The molecule has 1 heterocycles. The molecule has 6 heteroatoms. The van der Waals surface area contributed by atoms with Gasteiger partial charge in [0.25, 0.3) is 0 Å². The molecule has 1 fully saturated rings. The predicted molar refractivity (Wildman–Crippen MR) is 106 cm³/mol. The van der Waals surface area contributed by atoms with Crippen LogP contribution in [0.25, 0.3) is 10.9 Å². The summed E-state index contributed by atoms with van der Waals surface area (Å²) in [5.74, 6) is 0.902. The van der Waals surface area contributed by atoms with Gasteiger partial charge in [0.15, 0.2) is 5.96 Å². The number of nitrogens with one attached hydrogen (secondary N) is 3. The van der Waals surface area contributed by atoms with Crippen molar-refractivity contribution in [3.8, 4) is 0 Å². The molecule has 0 aliphatic heterocycles. The standard InChI is InChI=1S/C18H25ClN4S/c1-20-18(23-14-4-5-15(10-14)24-2)21-8-7-12-11-22-17-6-3-13(19)9-16(12)17/h3,6,9,11,14-15,22H,4-5,7-8,10H2,1-2H3,(H2,20,21,23). The summed E-state index contributed by atoms with van der Waals surface area (Å²) in [5.41, 5.74) is 2.41. The van der Waals surface area contributed by atoms with Crippen molar-refractivity contribution in [1.29, 1.82) is 0 Å². The van der Waals surface area contributed by atoms with Crippen molar-refractivity contribution in [3.63, 3.8) is 0 Å². The van der Waals surface area contributed by atoms with Gasteiger partial charge < -0.3 is 15.6 Å². The van der Waals surface area contributed by atoms with E-state index < -0.39 is 0 Å². The molecule has 2 aromatic rings. The van der Waals surface area contributed by atoms with Crippen LogP contribution in [-0.2, 0) is 6.42 Å². The highest BCUT2D eigenvalue weighted by molar-refractivity contribution is 7.99. The minimum atomic E-state index is 0.542. The predicted octanol–water partition coefficient (Wildman–Crippen LogP) is 3.81. The van der Waals surface area contributed by atoms with Gasteiger partial charge in [-0.1, -0.05) is 11.6 Å². The minimum absolute atomic E-state index is 0.542. The van der Waals surface area contributed by atoms with Gasteiger partial charge in [-0.2, -0.15) is 11.8 Å². The van der Waals surface area contributed by atoms with E-state index in [0.29, 0.717) is 6.04 Å². The topological polar surface area (TPSA) is 52.2 Å². The van der Waals surface area contributed by atoms with Crippen molar-refractivity contribution >= 4 is 40.2 Å². The number of hydrogen-bond donors (Lipinski definition) is 3. The lowest BCUT2D eigenvalue weighted by Gasteiger charge is -2.17. The first-order valence-corrected chi connectivity index (χ1v) is 10.1. The summed E-state index contributed by atoms with van der Waals surface area (Å²) in [6.07, 6.45) is 8.95. The van der Waals surface area contributed by atoms with Gasteiger partial charge in [0, 0.05) is 47.0 Å². The van der Waals surface area contributed by atoms with Crippen LogP contribution in [0.15, 0.2) is 29.4 Å². The number of thioether (sulfide) groups is 1. The smallest absolute Gasteiger partial charge is 0.191 e. The van der Waals surface area contributed by atoms with Gasteiger partial charge in [0.05, 0.1) is 0 Å². The fourth-order valence-electron chi connectivity index (χ4n) is 3.35. The zero-order valence-electron chi connectivity index (χ0n) is 14.2. The highest BCUT2D eigenvalue weighted by atomic mass is 35.5. The van der Waals surface area contributed by atoms with Gasteiger partial charge in [0.2, 0.25) is 0 Å². The molecule has 24 heavy (non-hydrogen) atoms. The normalized spacial score (nSPS) is 21.4. The van der Waals surface area contributed by atoms with Crippen molar-refractivity contribution < 1.29 is 0 Å². The second-order valence-corrected chi connectivity index (χ2v) is 7.84. The van der Waals surface area contributed by atoms with Gasteiger partial charge in [0.1, 0.15) is 0 Å². The fraction of sp³-hybridized carbons (Fsp3) is 0.500. The Labute approximate surface area is 152 Å². The highest BCUT2D eigenvalue weighted by Gasteiger charge is 2.24. The molecule has 0 spiro atoms. The largest absolute Gasteiger partial charge is 0.361 e. The van der Waals surface area contributed by atoms with Crippen molar-refractivity contribution in [2.45, 2.75) is 37.0 Å². The molecule has 1 aromatic heterocycles. The molecule has 2 unspecified atom stereocenters. The molecular formula is C18H25ClN4S. The lowest BCUT2D eigenvalue weighted by molar-refractivity contribution is 0.615. The third-order valence-electron chi connectivity index (χ3n) is 4.70. The van der Waals surface area contributed by atoms with Crippen LogP contribution in [0.3, 0.4) is 0 Å². The number of halogens is 1. The van der Waals surface area contributed by atoms with E-state index in [9.17, 15) is 0 Å². The molecule has 1 aliphatic carbocycles. The Morgan fingerprint density at radius 3 is 3.04 bits per heavy atom. The van der Waals surface area contributed by atoms with E-state index in [1.165, 1.54) is 30.2 Å². The Hall–Kier alpha value is -1.33. The third kappa shape index (κ3) is 4.19. The number of aromatic amines is 1. The summed E-state index contributed by atoms with van der Waals surface area (Å²) >= 11 is 8.09. The quantitative estimate of drug-likeness (QED) is 0.558. The Morgan fingerprint density at radius 1 is 1.42 bits per heavy atom. The number of aliphatic imine (C=N–C) groups is 1. The number of benzene rings is 1. The Bertz CT molecular complexity index is 712. The highest BCUT2D eigenvalue weighted by Crippen LogP contribution is 2.28. The molecule has 1 saturated carbocycles. The summed E-state index contributed by atoms with van der Waals surface area (Å²) < 4.78 is 0. The van der Waals surface area contributed by atoms with Gasteiger partial charge >= 0.3 is 0 Å². The first-order valence-electron chi connectivity index (χ1n) is 8.45. The molecule has 0 saturated heterocycles. The molecular weight excluding hydrogens is 340 g/mol. The second kappa shape index (κ2) is 8.17. The molecule has 0 radical (unpaired) electrons. The Kier molecular flexibility index (Phi) is 5.95. The van der Waals surface area contributed by atoms with Gasteiger partial charge in [-0.25, -0.2) is 0 Å². The zero-order chi connectivity index (χ0) is 16.9. The maximum atomic E-state index is 6.11. The monoisotopic (exact) mass is 364 g/mol. The molecule has 0 amide bonds. The molecule has 4 nitrogen and oxygen atoms in total. The van der Waals surface area contributed by atoms with Crippen LogP contribution in [0.1, 0.15) is 24.8 Å². The first-order chi connectivity index (χ1) is 11.7. The van der Waals surface area contributed by atoms with Crippen molar-refractivity contribution in [2.24, 2.45) is 4.99 Å². The van der Waals surface area contributed by atoms with Crippen LogP contribution in [0.4, 0.5) is 0 Å². The summed E-state index contributed by atoms with van der Waals surface area (Å²) in [4.78, 5) is 7.66. The lowest BCUT2D eigenvalue weighted by atomic mass is 10.1. The van der Waals surface area contributed by atoms with Crippen molar-refractivity contribution in [2.75, 3.05) is 19.8 Å². The Morgan fingerprint density at radius 2 is 2.29 bits per heavy atom.